The summed E-state index contributed by atoms with van der Waals surface area (Å²) in [5, 5.41) is 0. The molecule has 1 aliphatic heterocycles. The smallest absolute Gasteiger partial charge is 0.233 e. The van der Waals surface area contributed by atoms with Gasteiger partial charge in [0.15, 0.2) is 0 Å². The molecule has 22 heavy (non-hydrogen) atoms. The van der Waals surface area contributed by atoms with Crippen molar-refractivity contribution in [2.75, 3.05) is 0 Å². The van der Waals surface area contributed by atoms with Crippen molar-refractivity contribution in [3.63, 3.8) is 0 Å². The normalized spacial score (nSPS) is 18.0. The summed E-state index contributed by atoms with van der Waals surface area (Å²) in [7, 11) is 0. The van der Waals surface area contributed by atoms with E-state index in [4.69, 9.17) is 0 Å². The number of aryl methyl sites for hydroxylation is 1. The highest BCUT2D eigenvalue weighted by molar-refractivity contribution is 6.03. The van der Waals surface area contributed by atoms with Gasteiger partial charge in [-0.15, -0.1) is 0 Å². The molecule has 0 unspecified atom stereocenters. The van der Waals surface area contributed by atoms with Gasteiger partial charge in [-0.25, -0.2) is 0 Å². The molecule has 1 heterocycles. The summed E-state index contributed by atoms with van der Waals surface area (Å²) < 4.78 is 0. The Morgan fingerprint density at radius 3 is 2.32 bits per heavy atom. The first kappa shape index (κ1) is 14.5. The Morgan fingerprint density at radius 1 is 0.955 bits per heavy atom. The molecule has 0 bridgehead atoms. The molecule has 2 amide bonds. The quantitative estimate of drug-likeness (QED) is 0.812. The number of hydrogen-bond acceptors (Lipinski definition) is 2. The number of nitrogens with zero attached hydrogens (tertiary/aromatic N) is 1. The third kappa shape index (κ3) is 3.08. The van der Waals surface area contributed by atoms with E-state index in [9.17, 15) is 9.59 Å². The molecule has 0 spiro atoms. The van der Waals surface area contributed by atoms with Crippen LogP contribution in [0.1, 0.15) is 23.1 Å². The van der Waals surface area contributed by atoms with Crippen LogP contribution < -0.4 is 0 Å². The second-order valence-corrected chi connectivity index (χ2v) is 5.89. The third-order valence-electron chi connectivity index (χ3n) is 4.12. The van der Waals surface area contributed by atoms with Crippen LogP contribution in [0.2, 0.25) is 0 Å². The molecule has 2 aromatic rings. The average Bonchev–Trinajstić information content (AvgIpc) is 2.78. The molecule has 1 fully saturated rings. The Bertz CT molecular complexity index is 676. The summed E-state index contributed by atoms with van der Waals surface area (Å²) in [4.78, 5) is 26.0. The first-order valence-electron chi connectivity index (χ1n) is 7.57. The predicted octanol–water partition coefficient (Wildman–Crippen LogP) is 3.11. The second-order valence-electron chi connectivity index (χ2n) is 5.89. The van der Waals surface area contributed by atoms with E-state index in [1.807, 2.05) is 61.5 Å². The van der Waals surface area contributed by atoms with Crippen molar-refractivity contribution in [1.82, 2.24) is 4.90 Å². The lowest BCUT2D eigenvalue weighted by atomic mass is 9.97. The Kier molecular flexibility index (Phi) is 4.05. The van der Waals surface area contributed by atoms with E-state index in [2.05, 4.69) is 0 Å². The summed E-state index contributed by atoms with van der Waals surface area (Å²) in [6.45, 7) is 2.42. The minimum absolute atomic E-state index is 0.0468. The molecule has 3 heteroatoms. The van der Waals surface area contributed by atoms with E-state index in [0.717, 1.165) is 11.1 Å². The molecule has 1 atom stereocenters. The maximum atomic E-state index is 12.5. The molecule has 2 aromatic carbocycles. The van der Waals surface area contributed by atoms with Gasteiger partial charge in [0.25, 0.3) is 0 Å². The van der Waals surface area contributed by atoms with Crippen LogP contribution >= 0.6 is 0 Å². The van der Waals surface area contributed by atoms with E-state index >= 15 is 0 Å². The molecular formula is C19H19NO2. The van der Waals surface area contributed by atoms with Gasteiger partial charge >= 0.3 is 0 Å². The van der Waals surface area contributed by atoms with Gasteiger partial charge in [-0.3, -0.25) is 14.5 Å². The van der Waals surface area contributed by atoms with Crippen LogP contribution in [0, 0.1) is 12.8 Å². The van der Waals surface area contributed by atoms with Gasteiger partial charge in [-0.1, -0.05) is 60.2 Å². The van der Waals surface area contributed by atoms with Gasteiger partial charge in [0.1, 0.15) is 0 Å². The number of imide groups is 1. The molecule has 0 saturated carbocycles. The Balaban J connectivity index is 1.70. The highest BCUT2D eigenvalue weighted by atomic mass is 16.2. The Morgan fingerprint density at radius 2 is 1.64 bits per heavy atom. The standard InChI is InChI=1S/C19H19NO2/c1-14-7-9-15(10-8-14)11-17-12-18(21)20(19(17)22)13-16-5-3-2-4-6-16/h2-10,17H,11-13H2,1H3/t17-/m0/s1. The average molecular weight is 293 g/mol. The van der Waals surface area contributed by atoms with Crippen molar-refractivity contribution in [3.8, 4) is 0 Å². The van der Waals surface area contributed by atoms with Crippen LogP contribution in [0.25, 0.3) is 0 Å². The lowest BCUT2D eigenvalue weighted by Gasteiger charge is -2.15. The lowest BCUT2D eigenvalue weighted by molar-refractivity contribution is -0.140. The maximum absolute atomic E-state index is 12.5. The number of amides is 2. The van der Waals surface area contributed by atoms with Gasteiger partial charge in [0.05, 0.1) is 12.5 Å². The molecule has 0 aliphatic carbocycles. The van der Waals surface area contributed by atoms with E-state index in [-0.39, 0.29) is 17.7 Å². The fourth-order valence-electron chi connectivity index (χ4n) is 2.85. The topological polar surface area (TPSA) is 37.4 Å². The minimum atomic E-state index is -0.223. The van der Waals surface area contributed by atoms with Crippen LogP contribution in [0.15, 0.2) is 54.6 Å². The summed E-state index contributed by atoms with van der Waals surface area (Å²) in [5.74, 6) is -0.334. The number of benzene rings is 2. The van der Waals surface area contributed by atoms with Gasteiger partial charge in [0, 0.05) is 6.42 Å². The van der Waals surface area contributed by atoms with Crippen LogP contribution in [0.3, 0.4) is 0 Å². The van der Waals surface area contributed by atoms with Crippen molar-refractivity contribution >= 4 is 11.8 Å². The lowest BCUT2D eigenvalue weighted by Crippen LogP contribution is -2.30. The minimum Gasteiger partial charge on any atom is -0.278 e. The predicted molar refractivity (Wildman–Crippen MR) is 85.0 cm³/mol. The summed E-state index contributed by atoms with van der Waals surface area (Å²) >= 11 is 0. The Labute approximate surface area is 130 Å². The first-order chi connectivity index (χ1) is 10.6. The van der Waals surface area contributed by atoms with Crippen LogP contribution in [-0.2, 0) is 22.6 Å². The zero-order valence-corrected chi connectivity index (χ0v) is 12.7. The zero-order chi connectivity index (χ0) is 15.5. The Hall–Kier alpha value is -2.42. The van der Waals surface area contributed by atoms with Gasteiger partial charge in [-0.05, 0) is 24.5 Å². The number of hydrogen-bond donors (Lipinski definition) is 0. The summed E-state index contributed by atoms with van der Waals surface area (Å²) in [6.07, 6.45) is 0.954. The largest absolute Gasteiger partial charge is 0.278 e. The van der Waals surface area contributed by atoms with Gasteiger partial charge < -0.3 is 0 Å². The van der Waals surface area contributed by atoms with Crippen molar-refractivity contribution in [2.24, 2.45) is 5.92 Å². The van der Waals surface area contributed by atoms with Crippen molar-refractivity contribution in [2.45, 2.75) is 26.3 Å². The van der Waals surface area contributed by atoms with E-state index in [1.54, 1.807) is 0 Å². The molecule has 1 saturated heterocycles. The SMILES string of the molecule is Cc1ccc(C[C@H]2CC(=O)N(Cc3ccccc3)C2=O)cc1. The molecule has 0 aromatic heterocycles. The van der Waals surface area contributed by atoms with Gasteiger partial charge in [-0.2, -0.15) is 0 Å². The fourth-order valence-corrected chi connectivity index (χ4v) is 2.85. The third-order valence-corrected chi connectivity index (χ3v) is 4.12. The number of carbonyl (C=O) groups excluding carboxylic acids is 2. The number of rotatable bonds is 4. The molecule has 3 rings (SSSR count). The van der Waals surface area contributed by atoms with Crippen LogP contribution in [0.4, 0.5) is 0 Å². The van der Waals surface area contributed by atoms with E-state index in [0.29, 0.717) is 19.4 Å². The van der Waals surface area contributed by atoms with Crippen molar-refractivity contribution in [1.29, 1.82) is 0 Å². The molecular weight excluding hydrogens is 274 g/mol. The second kappa shape index (κ2) is 6.14. The highest BCUT2D eigenvalue weighted by Crippen LogP contribution is 2.25. The number of likely N-dealkylation sites (tertiary alicyclic amines) is 1. The van der Waals surface area contributed by atoms with E-state index < -0.39 is 0 Å². The molecule has 0 N–H and O–H groups in total. The summed E-state index contributed by atoms with van der Waals surface area (Å²) in [6, 6.07) is 17.8. The zero-order valence-electron chi connectivity index (χ0n) is 12.7. The monoisotopic (exact) mass is 293 g/mol. The fraction of sp³-hybridized carbons (Fsp3) is 0.263. The van der Waals surface area contributed by atoms with Gasteiger partial charge in [0.2, 0.25) is 11.8 Å². The van der Waals surface area contributed by atoms with Crippen molar-refractivity contribution < 1.29 is 9.59 Å². The van der Waals surface area contributed by atoms with Crippen molar-refractivity contribution in [3.05, 3.63) is 71.3 Å². The first-order valence-corrected chi connectivity index (χ1v) is 7.57. The summed E-state index contributed by atoms with van der Waals surface area (Å²) in [5.41, 5.74) is 3.29. The maximum Gasteiger partial charge on any atom is 0.233 e. The molecule has 112 valence electrons. The molecule has 3 nitrogen and oxygen atoms in total. The van der Waals surface area contributed by atoms with Crippen LogP contribution in [0.5, 0.6) is 0 Å². The molecule has 1 aliphatic rings. The van der Waals surface area contributed by atoms with Crippen LogP contribution in [-0.4, -0.2) is 16.7 Å². The number of carbonyl (C=O) groups is 2. The van der Waals surface area contributed by atoms with E-state index in [1.165, 1.54) is 10.5 Å². The highest BCUT2D eigenvalue weighted by Gasteiger charge is 2.38. The molecule has 0 radical (unpaired) electrons.